The summed E-state index contributed by atoms with van der Waals surface area (Å²) in [6, 6.07) is -4.60. The van der Waals surface area contributed by atoms with E-state index in [-0.39, 0.29) is 57.1 Å². The molecule has 5 atom stereocenters. The molecule has 4 amide bonds. The number of aliphatic carboxylic acids is 1. The summed E-state index contributed by atoms with van der Waals surface area (Å²) in [5.74, 6) is -4.66. The molecule has 5 unspecified atom stereocenters. The lowest BCUT2D eigenvalue weighted by Crippen LogP contribution is -2.58. The highest BCUT2D eigenvalue weighted by atomic mass is 16.4. The van der Waals surface area contributed by atoms with Gasteiger partial charge in [-0.1, -0.05) is 20.3 Å². The number of nitrogens with zero attached hydrogens (tertiary/aromatic N) is 2. The third-order valence-electron chi connectivity index (χ3n) is 5.97. The Morgan fingerprint density at radius 1 is 0.750 bits per heavy atom. The number of nitrogens with two attached hydrogens (primary N) is 6. The minimum Gasteiger partial charge on any atom is -0.480 e. The van der Waals surface area contributed by atoms with Crippen LogP contribution in [-0.2, 0) is 24.0 Å². The lowest BCUT2D eigenvalue weighted by Gasteiger charge is -2.28. The summed E-state index contributed by atoms with van der Waals surface area (Å²) in [6.07, 6.45) is 1.05. The van der Waals surface area contributed by atoms with Crippen LogP contribution in [0.25, 0.3) is 0 Å². The van der Waals surface area contributed by atoms with Gasteiger partial charge in [0.25, 0.3) is 0 Å². The standard InChI is InChI=1S/C23H45N11O6/c1-3-12(2)17(20(38)33-15(21(39)40)7-5-11-31-23(28)29)34-19(37)14(6-4-10-30-22(26)27)32-18(36)13(24)8-9-16(25)35/h12-15,17H,3-11,24H2,1-2H3,(H2,25,35)(H,32,36)(H,33,38)(H,34,37)(H,39,40)(H4,26,27,30)(H4,28,29,31). The molecule has 0 heterocycles. The van der Waals surface area contributed by atoms with E-state index in [1.165, 1.54) is 0 Å². The molecule has 0 bridgehead atoms. The van der Waals surface area contributed by atoms with Gasteiger partial charge in [-0.05, 0) is 38.0 Å². The minimum absolute atomic E-state index is 0.0266. The van der Waals surface area contributed by atoms with Crippen LogP contribution in [0.5, 0.6) is 0 Å². The number of amides is 4. The van der Waals surface area contributed by atoms with E-state index in [1.807, 2.05) is 0 Å². The number of carbonyl (C=O) groups is 5. The summed E-state index contributed by atoms with van der Waals surface area (Å²) in [7, 11) is 0. The molecule has 17 nitrogen and oxygen atoms in total. The zero-order valence-electron chi connectivity index (χ0n) is 23.1. The Hall–Kier alpha value is -4.15. The highest BCUT2D eigenvalue weighted by Crippen LogP contribution is 2.11. The van der Waals surface area contributed by atoms with Crippen molar-refractivity contribution in [1.29, 1.82) is 0 Å². The first kappa shape index (κ1) is 35.9. The van der Waals surface area contributed by atoms with Crippen LogP contribution >= 0.6 is 0 Å². The summed E-state index contributed by atoms with van der Waals surface area (Å²) in [5, 5.41) is 17.2. The Bertz CT molecular complexity index is 919. The zero-order chi connectivity index (χ0) is 30.8. The van der Waals surface area contributed by atoms with Crippen molar-refractivity contribution in [3.8, 4) is 0 Å². The fraction of sp³-hybridized carbons (Fsp3) is 0.696. The molecule has 0 saturated carbocycles. The summed E-state index contributed by atoms with van der Waals surface area (Å²) >= 11 is 0. The molecule has 0 aliphatic carbocycles. The molecule has 0 fully saturated rings. The van der Waals surface area contributed by atoms with Crippen molar-refractivity contribution in [2.45, 2.75) is 83.0 Å². The lowest BCUT2D eigenvalue weighted by molar-refractivity contribution is -0.143. The molecule has 0 radical (unpaired) electrons. The number of hydrogen-bond donors (Lipinski definition) is 10. The van der Waals surface area contributed by atoms with E-state index in [4.69, 9.17) is 34.4 Å². The first-order valence-electron chi connectivity index (χ1n) is 13.0. The van der Waals surface area contributed by atoms with E-state index in [2.05, 4.69) is 25.9 Å². The summed E-state index contributed by atoms with van der Waals surface area (Å²) < 4.78 is 0. The summed E-state index contributed by atoms with van der Waals surface area (Å²) in [6.45, 7) is 3.86. The Morgan fingerprint density at radius 3 is 1.70 bits per heavy atom. The number of carboxylic acids is 1. The first-order valence-corrected chi connectivity index (χ1v) is 13.0. The predicted molar refractivity (Wildman–Crippen MR) is 149 cm³/mol. The molecule has 228 valence electrons. The number of carbonyl (C=O) groups excluding carboxylic acids is 4. The number of carboxylic acid groups (broad SMARTS) is 1. The van der Waals surface area contributed by atoms with Crippen molar-refractivity contribution in [2.24, 2.45) is 50.3 Å². The van der Waals surface area contributed by atoms with Crippen molar-refractivity contribution in [3.05, 3.63) is 0 Å². The second-order valence-electron chi connectivity index (χ2n) is 9.34. The molecule has 0 aromatic carbocycles. The van der Waals surface area contributed by atoms with Gasteiger partial charge < -0.3 is 55.5 Å². The van der Waals surface area contributed by atoms with E-state index in [0.717, 1.165) is 0 Å². The van der Waals surface area contributed by atoms with Gasteiger partial charge in [0.1, 0.15) is 18.1 Å². The van der Waals surface area contributed by atoms with Crippen LogP contribution in [-0.4, -0.2) is 83.9 Å². The number of rotatable bonds is 20. The topological polar surface area (TPSA) is 323 Å². The highest BCUT2D eigenvalue weighted by Gasteiger charge is 2.32. The van der Waals surface area contributed by atoms with Gasteiger partial charge in [0.15, 0.2) is 11.9 Å². The molecule has 40 heavy (non-hydrogen) atoms. The van der Waals surface area contributed by atoms with Crippen molar-refractivity contribution < 1.29 is 29.1 Å². The van der Waals surface area contributed by atoms with Crippen molar-refractivity contribution in [1.82, 2.24) is 16.0 Å². The molecule has 0 rings (SSSR count). The van der Waals surface area contributed by atoms with Crippen LogP contribution in [0.1, 0.15) is 58.8 Å². The van der Waals surface area contributed by atoms with Gasteiger partial charge in [0.05, 0.1) is 6.04 Å². The van der Waals surface area contributed by atoms with Gasteiger partial charge in [-0.2, -0.15) is 0 Å². The van der Waals surface area contributed by atoms with Crippen LogP contribution in [0.15, 0.2) is 9.98 Å². The van der Waals surface area contributed by atoms with Gasteiger partial charge in [0, 0.05) is 19.5 Å². The summed E-state index contributed by atoms with van der Waals surface area (Å²) in [5.41, 5.74) is 32.1. The number of primary amides is 1. The Balaban J connectivity index is 5.65. The van der Waals surface area contributed by atoms with Gasteiger partial charge in [-0.25, -0.2) is 4.79 Å². The molecule has 17 heteroatoms. The van der Waals surface area contributed by atoms with Gasteiger partial charge in [0.2, 0.25) is 23.6 Å². The molecule has 0 aliphatic rings. The molecule has 16 N–H and O–H groups in total. The monoisotopic (exact) mass is 571 g/mol. The zero-order valence-corrected chi connectivity index (χ0v) is 23.1. The van der Waals surface area contributed by atoms with E-state index in [1.54, 1.807) is 13.8 Å². The van der Waals surface area contributed by atoms with Crippen molar-refractivity contribution >= 4 is 41.5 Å². The van der Waals surface area contributed by atoms with Crippen LogP contribution in [0.4, 0.5) is 0 Å². The molecular formula is C23H45N11O6. The van der Waals surface area contributed by atoms with Crippen molar-refractivity contribution in [3.63, 3.8) is 0 Å². The van der Waals surface area contributed by atoms with Crippen LogP contribution < -0.4 is 50.4 Å². The SMILES string of the molecule is CCC(C)C(NC(=O)C(CCCN=C(N)N)NC(=O)C(N)CCC(N)=O)C(=O)NC(CCCN=C(N)N)C(=O)O. The number of guanidine groups is 2. The molecule has 0 aromatic rings. The molecular weight excluding hydrogens is 526 g/mol. The van der Waals surface area contributed by atoms with E-state index in [9.17, 15) is 29.1 Å². The molecule has 0 aliphatic heterocycles. The Kier molecular flexibility index (Phi) is 17.0. The second-order valence-corrected chi connectivity index (χ2v) is 9.34. The lowest BCUT2D eigenvalue weighted by atomic mass is 9.96. The Labute approximate surface area is 233 Å². The summed E-state index contributed by atoms with van der Waals surface area (Å²) in [4.78, 5) is 69.4. The molecule has 0 aromatic heterocycles. The average molecular weight is 572 g/mol. The fourth-order valence-electron chi connectivity index (χ4n) is 3.46. The highest BCUT2D eigenvalue weighted by molar-refractivity contribution is 5.94. The van der Waals surface area contributed by atoms with E-state index in [0.29, 0.717) is 12.8 Å². The Morgan fingerprint density at radius 2 is 1.25 bits per heavy atom. The van der Waals surface area contributed by atoms with Crippen molar-refractivity contribution in [2.75, 3.05) is 13.1 Å². The number of aliphatic imine (C=N–C) groups is 2. The first-order chi connectivity index (χ1) is 18.7. The number of nitrogens with one attached hydrogen (secondary N) is 3. The maximum absolute atomic E-state index is 13.3. The van der Waals surface area contributed by atoms with Gasteiger partial charge in [-0.15, -0.1) is 0 Å². The predicted octanol–water partition coefficient (Wildman–Crippen LogP) is -3.73. The third-order valence-corrected chi connectivity index (χ3v) is 5.97. The normalized spacial score (nSPS) is 14.4. The van der Waals surface area contributed by atoms with Crippen LogP contribution in [0, 0.1) is 5.92 Å². The maximum atomic E-state index is 13.3. The van der Waals surface area contributed by atoms with Crippen LogP contribution in [0.2, 0.25) is 0 Å². The third kappa shape index (κ3) is 15.3. The van der Waals surface area contributed by atoms with E-state index < -0.39 is 59.7 Å². The largest absolute Gasteiger partial charge is 0.480 e. The van der Waals surface area contributed by atoms with Gasteiger partial charge >= 0.3 is 5.97 Å². The minimum atomic E-state index is -1.26. The quantitative estimate of drug-likeness (QED) is 0.0384. The molecule has 0 saturated heterocycles. The maximum Gasteiger partial charge on any atom is 0.326 e. The van der Waals surface area contributed by atoms with Crippen LogP contribution in [0.3, 0.4) is 0 Å². The number of hydrogen-bond acceptors (Lipinski definition) is 8. The smallest absolute Gasteiger partial charge is 0.326 e. The average Bonchev–Trinajstić information content (AvgIpc) is 2.87. The van der Waals surface area contributed by atoms with Gasteiger partial charge in [-0.3, -0.25) is 29.2 Å². The van der Waals surface area contributed by atoms with E-state index >= 15 is 0 Å². The fourth-order valence-corrected chi connectivity index (χ4v) is 3.46. The second kappa shape index (κ2) is 19.0. The molecule has 0 spiro atoms.